The van der Waals surface area contributed by atoms with Crippen molar-refractivity contribution in [1.82, 2.24) is 14.1 Å². The van der Waals surface area contributed by atoms with Crippen molar-refractivity contribution in [3.05, 3.63) is 97.7 Å². The summed E-state index contributed by atoms with van der Waals surface area (Å²) >= 11 is 2.22. The Morgan fingerprint density at radius 3 is 2.48 bits per heavy atom. The number of fused-ring (bicyclic) bond motifs is 2. The number of aryl methyl sites for hydroxylation is 1. The molecule has 0 aliphatic heterocycles. The Hall–Kier alpha value is -3.39. The smallest absolute Gasteiger partial charge is 0.266 e. The molecular weight excluding hydrogens is 525 g/mol. The van der Waals surface area contributed by atoms with Crippen LogP contribution in [0.4, 0.5) is 0 Å². The second-order valence-corrected chi connectivity index (χ2v) is 9.12. The minimum atomic E-state index is -0.0991. The first-order valence-electron chi connectivity index (χ1n) is 10.6. The zero-order chi connectivity index (χ0) is 23.1. The van der Waals surface area contributed by atoms with E-state index in [9.17, 15) is 4.79 Å². The molecule has 0 bridgehead atoms. The second kappa shape index (κ2) is 8.51. The van der Waals surface area contributed by atoms with Crippen molar-refractivity contribution < 1.29 is 4.74 Å². The van der Waals surface area contributed by atoms with Crippen LogP contribution < -0.4 is 10.3 Å². The number of hydrogen-bond acceptors (Lipinski definition) is 3. The topological polar surface area (TPSA) is 49.0 Å². The Morgan fingerprint density at radius 1 is 0.970 bits per heavy atom. The van der Waals surface area contributed by atoms with Crippen LogP contribution in [0.15, 0.2) is 71.5 Å². The summed E-state index contributed by atoms with van der Waals surface area (Å²) in [5.74, 6) is 1.31. The summed E-state index contributed by atoms with van der Waals surface area (Å²) in [4.78, 5) is 18.5. The lowest BCUT2D eigenvalue weighted by Crippen LogP contribution is -2.22. The number of nitrogens with zero attached hydrogens (tertiary/aromatic N) is 3. The predicted octanol–water partition coefficient (Wildman–Crippen LogP) is 5.97. The Morgan fingerprint density at radius 2 is 1.73 bits per heavy atom. The number of methoxy groups -OCH3 is 1. The van der Waals surface area contributed by atoms with E-state index in [0.717, 1.165) is 26.3 Å². The van der Waals surface area contributed by atoms with E-state index in [1.165, 1.54) is 10.9 Å². The molecule has 33 heavy (non-hydrogen) atoms. The Kier molecular flexibility index (Phi) is 5.54. The molecule has 0 aliphatic carbocycles. The van der Waals surface area contributed by atoms with E-state index in [2.05, 4.69) is 59.3 Å². The minimum Gasteiger partial charge on any atom is -0.497 e. The van der Waals surface area contributed by atoms with Gasteiger partial charge in [-0.15, -0.1) is 0 Å². The zero-order valence-electron chi connectivity index (χ0n) is 18.5. The fourth-order valence-corrected chi connectivity index (χ4v) is 4.68. The van der Waals surface area contributed by atoms with Crippen molar-refractivity contribution in [3.63, 3.8) is 0 Å². The standard InChI is InChI=1S/C27H22IN3O2/c1-17-21(22-6-4-5-7-25(22)30(17)2)13-15-26-29-24-14-8-18(28)16-23(24)27(32)31(26)19-9-11-20(33-3)12-10-19/h4-16H,1-3H3. The van der Waals surface area contributed by atoms with Gasteiger partial charge in [-0.1, -0.05) is 18.2 Å². The van der Waals surface area contributed by atoms with Gasteiger partial charge >= 0.3 is 0 Å². The molecule has 2 aromatic heterocycles. The molecule has 0 amide bonds. The number of benzene rings is 3. The monoisotopic (exact) mass is 547 g/mol. The van der Waals surface area contributed by atoms with Gasteiger partial charge in [-0.05, 0) is 90.2 Å². The Bertz CT molecular complexity index is 1590. The van der Waals surface area contributed by atoms with Crippen LogP contribution in [0, 0.1) is 10.5 Å². The Balaban J connectivity index is 1.75. The summed E-state index contributed by atoms with van der Waals surface area (Å²) in [5.41, 5.74) is 4.76. The van der Waals surface area contributed by atoms with E-state index in [0.29, 0.717) is 16.7 Å². The predicted molar refractivity (Wildman–Crippen MR) is 143 cm³/mol. The van der Waals surface area contributed by atoms with Gasteiger partial charge < -0.3 is 9.30 Å². The molecule has 0 N–H and O–H groups in total. The molecule has 0 aliphatic rings. The van der Waals surface area contributed by atoms with Crippen molar-refractivity contribution >= 4 is 56.5 Å². The number of aromatic nitrogens is 3. The normalized spacial score (nSPS) is 11.6. The van der Waals surface area contributed by atoms with Crippen LogP contribution in [0.5, 0.6) is 5.75 Å². The fraction of sp³-hybridized carbons (Fsp3) is 0.111. The molecule has 0 saturated heterocycles. The summed E-state index contributed by atoms with van der Waals surface area (Å²) in [6.07, 6.45) is 3.98. The summed E-state index contributed by atoms with van der Waals surface area (Å²) in [5, 5.41) is 1.76. The molecule has 5 nitrogen and oxygen atoms in total. The Labute approximate surface area is 205 Å². The molecule has 0 atom stereocenters. The van der Waals surface area contributed by atoms with Crippen LogP contribution in [-0.4, -0.2) is 21.2 Å². The third-order valence-electron chi connectivity index (χ3n) is 6.03. The third-order valence-corrected chi connectivity index (χ3v) is 6.71. The van der Waals surface area contributed by atoms with Crippen LogP contribution in [0.25, 0.3) is 39.6 Å². The first kappa shape index (κ1) is 21.5. The van der Waals surface area contributed by atoms with E-state index < -0.39 is 0 Å². The van der Waals surface area contributed by atoms with Gasteiger partial charge in [0.1, 0.15) is 11.6 Å². The number of para-hydroxylation sites is 1. The third kappa shape index (κ3) is 3.74. The van der Waals surface area contributed by atoms with Gasteiger partial charge in [0, 0.05) is 32.8 Å². The summed E-state index contributed by atoms with van der Waals surface area (Å²) in [6, 6.07) is 21.5. The molecule has 0 unspecified atom stereocenters. The summed E-state index contributed by atoms with van der Waals surface area (Å²) in [6.45, 7) is 2.10. The molecular formula is C27H22IN3O2. The quantitative estimate of drug-likeness (QED) is 0.261. The largest absolute Gasteiger partial charge is 0.497 e. The molecule has 5 rings (SSSR count). The lowest BCUT2D eigenvalue weighted by Gasteiger charge is -2.12. The van der Waals surface area contributed by atoms with E-state index >= 15 is 0 Å². The SMILES string of the molecule is COc1ccc(-n2c(C=Cc3c(C)n(C)c4ccccc34)nc3ccc(I)cc3c2=O)cc1. The second-order valence-electron chi connectivity index (χ2n) is 7.88. The molecule has 2 heterocycles. The number of hydrogen-bond donors (Lipinski definition) is 0. The maximum atomic E-state index is 13.6. The average Bonchev–Trinajstić information content (AvgIpc) is 3.08. The molecule has 0 fully saturated rings. The van der Waals surface area contributed by atoms with Crippen molar-refractivity contribution in [2.24, 2.45) is 7.05 Å². The summed E-state index contributed by atoms with van der Waals surface area (Å²) in [7, 11) is 3.69. The highest BCUT2D eigenvalue weighted by Crippen LogP contribution is 2.27. The number of halogens is 1. The van der Waals surface area contributed by atoms with Crippen molar-refractivity contribution in [3.8, 4) is 11.4 Å². The van der Waals surface area contributed by atoms with E-state index in [4.69, 9.17) is 9.72 Å². The van der Waals surface area contributed by atoms with E-state index in [1.807, 2.05) is 60.7 Å². The minimum absolute atomic E-state index is 0.0991. The van der Waals surface area contributed by atoms with Gasteiger partial charge in [0.15, 0.2) is 0 Å². The molecule has 0 radical (unpaired) electrons. The molecule has 0 saturated carbocycles. The molecule has 3 aromatic carbocycles. The van der Waals surface area contributed by atoms with Crippen molar-refractivity contribution in [2.75, 3.05) is 7.11 Å². The highest BCUT2D eigenvalue weighted by molar-refractivity contribution is 14.1. The first-order valence-corrected chi connectivity index (χ1v) is 11.6. The van der Waals surface area contributed by atoms with E-state index in [-0.39, 0.29) is 5.56 Å². The lowest BCUT2D eigenvalue weighted by molar-refractivity contribution is 0.414. The van der Waals surface area contributed by atoms with Crippen molar-refractivity contribution in [1.29, 1.82) is 0 Å². The van der Waals surface area contributed by atoms with Gasteiger partial charge in [0.25, 0.3) is 5.56 Å². The highest BCUT2D eigenvalue weighted by atomic mass is 127. The number of rotatable bonds is 4. The van der Waals surface area contributed by atoms with Crippen LogP contribution in [0.1, 0.15) is 17.1 Å². The summed E-state index contributed by atoms with van der Waals surface area (Å²) < 4.78 is 10.1. The molecule has 0 spiro atoms. The van der Waals surface area contributed by atoms with Gasteiger partial charge in [-0.25, -0.2) is 4.98 Å². The van der Waals surface area contributed by atoms with Gasteiger partial charge in [0.2, 0.25) is 0 Å². The molecule has 6 heteroatoms. The van der Waals surface area contributed by atoms with E-state index in [1.54, 1.807) is 11.7 Å². The maximum Gasteiger partial charge on any atom is 0.266 e. The average molecular weight is 547 g/mol. The van der Waals surface area contributed by atoms with Gasteiger partial charge in [-0.3, -0.25) is 9.36 Å². The van der Waals surface area contributed by atoms with Crippen LogP contribution in [0.3, 0.4) is 0 Å². The molecule has 164 valence electrons. The maximum absolute atomic E-state index is 13.6. The lowest BCUT2D eigenvalue weighted by atomic mass is 10.1. The number of ether oxygens (including phenoxy) is 1. The fourth-order valence-electron chi connectivity index (χ4n) is 4.19. The van der Waals surface area contributed by atoms with Crippen LogP contribution >= 0.6 is 22.6 Å². The van der Waals surface area contributed by atoms with Crippen LogP contribution in [-0.2, 0) is 7.05 Å². The van der Waals surface area contributed by atoms with Gasteiger partial charge in [-0.2, -0.15) is 0 Å². The van der Waals surface area contributed by atoms with Crippen molar-refractivity contribution in [2.45, 2.75) is 6.92 Å². The highest BCUT2D eigenvalue weighted by Gasteiger charge is 2.13. The first-order chi connectivity index (χ1) is 16.0. The zero-order valence-corrected chi connectivity index (χ0v) is 20.7. The van der Waals surface area contributed by atoms with Crippen LogP contribution in [0.2, 0.25) is 0 Å². The molecule has 5 aromatic rings. The van der Waals surface area contributed by atoms with Gasteiger partial charge in [0.05, 0.1) is 23.7 Å².